The van der Waals surface area contributed by atoms with Crippen LogP contribution in [0.2, 0.25) is 0 Å². The van der Waals surface area contributed by atoms with E-state index in [0.29, 0.717) is 18.8 Å². The number of rotatable bonds is 4. The van der Waals surface area contributed by atoms with Crippen molar-refractivity contribution in [2.24, 2.45) is 0 Å². The van der Waals surface area contributed by atoms with Crippen molar-refractivity contribution in [1.29, 1.82) is 0 Å². The maximum absolute atomic E-state index is 5.81. The van der Waals surface area contributed by atoms with E-state index in [9.17, 15) is 0 Å². The van der Waals surface area contributed by atoms with Crippen molar-refractivity contribution < 1.29 is 9.47 Å². The van der Waals surface area contributed by atoms with Gasteiger partial charge in [0.2, 0.25) is 0 Å². The highest BCUT2D eigenvalue weighted by atomic mass is 16.5. The number of hydrogen-bond acceptors (Lipinski definition) is 4. The number of likely N-dealkylation sites (tertiary alicyclic amines) is 1. The number of hydrogen-bond donors (Lipinski definition) is 1. The van der Waals surface area contributed by atoms with Crippen LogP contribution in [0.1, 0.15) is 12.8 Å². The molecule has 2 unspecified atom stereocenters. The maximum atomic E-state index is 5.81. The van der Waals surface area contributed by atoms with Gasteiger partial charge in [0.05, 0.1) is 12.2 Å². The summed E-state index contributed by atoms with van der Waals surface area (Å²) in [5.74, 6) is 0.853. The average Bonchev–Trinajstić information content (AvgIpc) is 2.69. The highest BCUT2D eigenvalue weighted by Crippen LogP contribution is 2.25. The van der Waals surface area contributed by atoms with Gasteiger partial charge in [-0.15, -0.1) is 0 Å². The van der Waals surface area contributed by atoms with Crippen LogP contribution in [0.4, 0.5) is 5.69 Å². The number of nitrogens with zero attached hydrogens (tertiary/aromatic N) is 1. The molecule has 2 N–H and O–H groups in total. The third-order valence-electron chi connectivity index (χ3n) is 3.65. The Kier molecular flexibility index (Phi) is 3.39. The molecule has 0 radical (unpaired) electrons. The number of fused-ring (bicyclic) bond motifs is 2. The van der Waals surface area contributed by atoms with Gasteiger partial charge in [-0.05, 0) is 25.0 Å². The van der Waals surface area contributed by atoms with E-state index >= 15 is 0 Å². The molecule has 0 aromatic heterocycles. The fourth-order valence-electron chi connectivity index (χ4n) is 2.78. The minimum Gasteiger partial charge on any atom is -0.492 e. The summed E-state index contributed by atoms with van der Waals surface area (Å²) in [4.78, 5) is 2.44. The fourth-order valence-corrected chi connectivity index (χ4v) is 2.78. The molecule has 0 spiro atoms. The number of anilines is 1. The molecule has 2 heterocycles. The molecule has 2 atom stereocenters. The lowest BCUT2D eigenvalue weighted by Crippen LogP contribution is -2.44. The summed E-state index contributed by atoms with van der Waals surface area (Å²) in [7, 11) is 0. The van der Waals surface area contributed by atoms with E-state index in [1.165, 1.54) is 12.8 Å². The van der Waals surface area contributed by atoms with Crippen LogP contribution < -0.4 is 10.5 Å². The van der Waals surface area contributed by atoms with Crippen LogP contribution in [0.3, 0.4) is 0 Å². The van der Waals surface area contributed by atoms with Crippen molar-refractivity contribution in [3.8, 4) is 5.75 Å². The van der Waals surface area contributed by atoms with Crippen LogP contribution >= 0.6 is 0 Å². The van der Waals surface area contributed by atoms with E-state index in [0.717, 1.165) is 31.1 Å². The number of benzene rings is 1. The Bertz CT molecular complexity index is 399. The summed E-state index contributed by atoms with van der Waals surface area (Å²) < 4.78 is 11.5. The predicted molar refractivity (Wildman–Crippen MR) is 70.7 cm³/mol. The number of ether oxygens (including phenoxy) is 2. The summed E-state index contributed by atoms with van der Waals surface area (Å²) >= 11 is 0. The number of nitrogen functional groups attached to an aromatic ring is 1. The summed E-state index contributed by atoms with van der Waals surface area (Å²) in [5.41, 5.74) is 6.46. The summed E-state index contributed by atoms with van der Waals surface area (Å²) in [6, 6.07) is 7.59. The molecule has 98 valence electrons. The van der Waals surface area contributed by atoms with Gasteiger partial charge in [0.1, 0.15) is 12.4 Å². The Morgan fingerprint density at radius 1 is 1.28 bits per heavy atom. The van der Waals surface area contributed by atoms with Crippen molar-refractivity contribution in [2.45, 2.75) is 25.0 Å². The molecule has 0 amide bonds. The maximum Gasteiger partial charge on any atom is 0.121 e. The largest absolute Gasteiger partial charge is 0.492 e. The molecule has 4 nitrogen and oxygen atoms in total. The van der Waals surface area contributed by atoms with E-state index in [4.69, 9.17) is 15.2 Å². The zero-order valence-electron chi connectivity index (χ0n) is 10.5. The van der Waals surface area contributed by atoms with Crippen molar-refractivity contribution in [3.63, 3.8) is 0 Å². The first-order valence-electron chi connectivity index (χ1n) is 6.66. The molecular weight excluding hydrogens is 228 g/mol. The molecule has 2 aliphatic heterocycles. The molecule has 18 heavy (non-hydrogen) atoms. The Balaban J connectivity index is 1.45. The minimum absolute atomic E-state index is 0.455. The molecule has 2 fully saturated rings. The average molecular weight is 248 g/mol. The molecule has 2 bridgehead atoms. The van der Waals surface area contributed by atoms with Crippen LogP contribution in [0.25, 0.3) is 0 Å². The van der Waals surface area contributed by atoms with Gasteiger partial charge >= 0.3 is 0 Å². The van der Waals surface area contributed by atoms with E-state index in [-0.39, 0.29) is 0 Å². The van der Waals surface area contributed by atoms with Crippen LogP contribution in [0.5, 0.6) is 5.75 Å². The summed E-state index contributed by atoms with van der Waals surface area (Å²) in [6.45, 7) is 3.78. The van der Waals surface area contributed by atoms with Crippen LogP contribution in [0, 0.1) is 0 Å². The van der Waals surface area contributed by atoms with Crippen molar-refractivity contribution in [1.82, 2.24) is 4.90 Å². The van der Waals surface area contributed by atoms with E-state index in [2.05, 4.69) is 4.90 Å². The van der Waals surface area contributed by atoms with Gasteiger partial charge in [0.25, 0.3) is 0 Å². The molecule has 4 heteroatoms. The SMILES string of the molecule is Nc1cccc(OCCN2CC3CCC(C2)O3)c1. The summed E-state index contributed by atoms with van der Waals surface area (Å²) in [6.07, 6.45) is 3.35. The molecule has 1 aromatic rings. The first kappa shape index (κ1) is 11.8. The highest BCUT2D eigenvalue weighted by molar-refractivity contribution is 5.43. The van der Waals surface area contributed by atoms with Crippen molar-refractivity contribution in [3.05, 3.63) is 24.3 Å². The lowest BCUT2D eigenvalue weighted by Gasteiger charge is -2.31. The first-order valence-corrected chi connectivity index (χ1v) is 6.66. The van der Waals surface area contributed by atoms with Crippen LogP contribution in [0.15, 0.2) is 24.3 Å². The number of nitrogens with two attached hydrogens (primary N) is 1. The monoisotopic (exact) mass is 248 g/mol. The normalized spacial score (nSPS) is 27.3. The lowest BCUT2D eigenvalue weighted by atomic mass is 10.2. The van der Waals surface area contributed by atoms with Gasteiger partial charge in [-0.25, -0.2) is 0 Å². The molecule has 2 aliphatic rings. The van der Waals surface area contributed by atoms with Crippen LogP contribution in [-0.4, -0.2) is 43.3 Å². The molecule has 2 saturated heterocycles. The third kappa shape index (κ3) is 2.76. The number of morpholine rings is 1. The zero-order chi connectivity index (χ0) is 12.4. The topological polar surface area (TPSA) is 47.7 Å². The molecule has 1 aromatic carbocycles. The van der Waals surface area contributed by atoms with E-state index < -0.39 is 0 Å². The van der Waals surface area contributed by atoms with Gasteiger partial charge in [0, 0.05) is 31.4 Å². The first-order chi connectivity index (χ1) is 8.79. The second-order valence-electron chi connectivity index (χ2n) is 5.14. The third-order valence-corrected chi connectivity index (χ3v) is 3.65. The van der Waals surface area contributed by atoms with Crippen molar-refractivity contribution in [2.75, 3.05) is 32.0 Å². The Morgan fingerprint density at radius 2 is 2.06 bits per heavy atom. The quantitative estimate of drug-likeness (QED) is 0.821. The van der Waals surface area contributed by atoms with E-state index in [1.807, 2.05) is 24.3 Å². The second-order valence-corrected chi connectivity index (χ2v) is 5.14. The molecule has 0 saturated carbocycles. The van der Waals surface area contributed by atoms with Gasteiger partial charge in [0.15, 0.2) is 0 Å². The minimum atomic E-state index is 0.455. The highest BCUT2D eigenvalue weighted by Gasteiger charge is 2.33. The fraction of sp³-hybridized carbons (Fsp3) is 0.571. The van der Waals surface area contributed by atoms with Gasteiger partial charge in [-0.2, -0.15) is 0 Å². The zero-order valence-corrected chi connectivity index (χ0v) is 10.5. The van der Waals surface area contributed by atoms with Gasteiger partial charge in [-0.3, -0.25) is 4.90 Å². The van der Waals surface area contributed by atoms with Gasteiger partial charge in [-0.1, -0.05) is 6.07 Å². The Labute approximate surface area is 108 Å². The lowest BCUT2D eigenvalue weighted by molar-refractivity contribution is -0.0408. The van der Waals surface area contributed by atoms with Gasteiger partial charge < -0.3 is 15.2 Å². The smallest absolute Gasteiger partial charge is 0.121 e. The molecular formula is C14H20N2O2. The standard InChI is InChI=1S/C14H20N2O2/c15-11-2-1-3-12(8-11)17-7-6-16-9-13-4-5-14(10-16)18-13/h1-3,8,13-14H,4-7,9-10,15H2. The molecule has 3 rings (SSSR count). The van der Waals surface area contributed by atoms with E-state index in [1.54, 1.807) is 0 Å². The Morgan fingerprint density at radius 3 is 2.78 bits per heavy atom. The second kappa shape index (κ2) is 5.16. The Hall–Kier alpha value is -1.26. The molecule has 0 aliphatic carbocycles. The predicted octanol–water partition coefficient (Wildman–Crippen LogP) is 1.51. The van der Waals surface area contributed by atoms with Crippen molar-refractivity contribution >= 4 is 5.69 Å². The summed E-state index contributed by atoms with van der Waals surface area (Å²) in [5, 5.41) is 0. The van der Waals surface area contributed by atoms with Crippen LogP contribution in [-0.2, 0) is 4.74 Å².